The number of fused-ring (bicyclic) bond motifs is 4. The first kappa shape index (κ1) is 24.3. The normalized spacial score (nSPS) is 13.7. The van der Waals surface area contributed by atoms with E-state index >= 15 is 0 Å². The molecule has 8 rings (SSSR count). The fraction of sp³-hybridized carbons (Fsp3) is 0.100. The molecule has 0 amide bonds. The standard InChI is InChI=1S/C40H32Si/c1-41(2,39-25-31(23-29-15-9-21-37(29)39)35-19-7-13-27-11-3-5-17-33(27)35)40-26-32(24-30-16-10-22-38(30)40)36-20-8-14-28-12-4-6-18-34(28)36/h3-20,23-26H,21-22H2,1-2H3. The van der Waals surface area contributed by atoms with Crippen LogP contribution in [0.1, 0.15) is 22.3 Å². The second-order valence-electron chi connectivity index (χ2n) is 12.1. The van der Waals surface area contributed by atoms with Crippen LogP contribution in [0.2, 0.25) is 13.1 Å². The third-order valence-electron chi connectivity index (χ3n) is 9.36. The smallest absolute Gasteiger partial charge is 0.0795 e. The van der Waals surface area contributed by atoms with Crippen molar-refractivity contribution >= 4 is 52.1 Å². The number of rotatable bonds is 4. The Hall–Kier alpha value is -4.46. The molecule has 196 valence electrons. The number of benzene rings is 6. The van der Waals surface area contributed by atoms with Crippen molar-refractivity contribution in [1.29, 1.82) is 0 Å². The van der Waals surface area contributed by atoms with Gasteiger partial charge in [0.25, 0.3) is 0 Å². The molecule has 0 fully saturated rings. The Labute approximate surface area is 243 Å². The fourth-order valence-corrected chi connectivity index (χ4v) is 10.6. The van der Waals surface area contributed by atoms with Gasteiger partial charge in [-0.25, -0.2) is 0 Å². The van der Waals surface area contributed by atoms with Gasteiger partial charge < -0.3 is 0 Å². The SMILES string of the molecule is C[Si](C)(c1cc(-c2cccc3ccccc23)cc2c1CC=C2)c1cc(-c2cccc3ccccc23)cc2c1CC=C2. The van der Waals surface area contributed by atoms with Crippen LogP contribution in [-0.2, 0) is 12.8 Å². The predicted octanol–water partition coefficient (Wildman–Crippen LogP) is 9.29. The van der Waals surface area contributed by atoms with Crippen molar-refractivity contribution in [2.45, 2.75) is 25.9 Å². The Kier molecular flexibility index (Phi) is 5.52. The number of allylic oxidation sites excluding steroid dienone is 2. The average Bonchev–Trinajstić information content (AvgIpc) is 3.69. The van der Waals surface area contributed by atoms with Gasteiger partial charge in [-0.1, -0.05) is 134 Å². The Morgan fingerprint density at radius 1 is 0.488 bits per heavy atom. The molecular weight excluding hydrogens is 509 g/mol. The highest BCUT2D eigenvalue weighted by atomic mass is 28.3. The van der Waals surface area contributed by atoms with E-state index in [1.807, 2.05) is 0 Å². The van der Waals surface area contributed by atoms with Gasteiger partial charge in [0, 0.05) is 0 Å². The topological polar surface area (TPSA) is 0 Å². The Morgan fingerprint density at radius 2 is 0.927 bits per heavy atom. The van der Waals surface area contributed by atoms with Crippen LogP contribution in [-0.4, -0.2) is 8.07 Å². The van der Waals surface area contributed by atoms with Crippen molar-refractivity contribution in [1.82, 2.24) is 0 Å². The molecule has 0 saturated heterocycles. The van der Waals surface area contributed by atoms with E-state index in [0.717, 1.165) is 12.8 Å². The molecule has 0 atom stereocenters. The first-order valence-electron chi connectivity index (χ1n) is 14.7. The maximum absolute atomic E-state index is 2.58. The fourth-order valence-electron chi connectivity index (χ4n) is 7.28. The van der Waals surface area contributed by atoms with Gasteiger partial charge in [0.2, 0.25) is 0 Å². The van der Waals surface area contributed by atoms with E-state index in [9.17, 15) is 0 Å². The zero-order chi connectivity index (χ0) is 27.6. The number of hydrogen-bond donors (Lipinski definition) is 0. The molecule has 6 aromatic rings. The summed E-state index contributed by atoms with van der Waals surface area (Å²) in [6.45, 7) is 5.16. The van der Waals surface area contributed by atoms with Crippen LogP contribution in [0.3, 0.4) is 0 Å². The van der Waals surface area contributed by atoms with E-state index in [1.54, 1.807) is 10.4 Å². The second-order valence-corrected chi connectivity index (χ2v) is 16.4. The summed E-state index contributed by atoms with van der Waals surface area (Å²) in [6, 6.07) is 41.0. The van der Waals surface area contributed by atoms with Crippen molar-refractivity contribution in [3.8, 4) is 22.3 Å². The average molecular weight is 541 g/mol. The molecular formula is C40H32Si. The third kappa shape index (κ3) is 3.88. The summed E-state index contributed by atoms with van der Waals surface area (Å²) in [7, 11) is -2.11. The Bertz CT molecular complexity index is 1910. The van der Waals surface area contributed by atoms with Gasteiger partial charge in [0.05, 0.1) is 0 Å². The van der Waals surface area contributed by atoms with Crippen LogP contribution in [0.25, 0.3) is 56.0 Å². The van der Waals surface area contributed by atoms with Gasteiger partial charge in [0.1, 0.15) is 8.07 Å². The van der Waals surface area contributed by atoms with Crippen LogP contribution in [0.5, 0.6) is 0 Å². The van der Waals surface area contributed by atoms with E-state index in [0.29, 0.717) is 0 Å². The molecule has 0 aromatic heterocycles. The molecule has 2 aliphatic rings. The molecule has 41 heavy (non-hydrogen) atoms. The summed E-state index contributed by atoms with van der Waals surface area (Å²) >= 11 is 0. The maximum atomic E-state index is 2.58. The monoisotopic (exact) mass is 540 g/mol. The molecule has 0 saturated carbocycles. The molecule has 0 aliphatic heterocycles. The lowest BCUT2D eigenvalue weighted by Gasteiger charge is -2.30. The molecule has 0 bridgehead atoms. The van der Waals surface area contributed by atoms with Crippen LogP contribution < -0.4 is 10.4 Å². The van der Waals surface area contributed by atoms with Gasteiger partial charge >= 0.3 is 0 Å². The van der Waals surface area contributed by atoms with Gasteiger partial charge in [0.15, 0.2) is 0 Å². The third-order valence-corrected chi connectivity index (χ3v) is 12.9. The lowest BCUT2D eigenvalue weighted by molar-refractivity contribution is 1.31. The summed E-state index contributed by atoms with van der Waals surface area (Å²) in [6.07, 6.45) is 11.4. The highest BCUT2D eigenvalue weighted by Gasteiger charge is 2.34. The quantitative estimate of drug-likeness (QED) is 0.195. The summed E-state index contributed by atoms with van der Waals surface area (Å²) in [4.78, 5) is 0. The van der Waals surface area contributed by atoms with Gasteiger partial charge in [-0.05, 0) is 101 Å². The van der Waals surface area contributed by atoms with Gasteiger partial charge in [-0.15, -0.1) is 0 Å². The molecule has 0 radical (unpaired) electrons. The Balaban J connectivity index is 1.35. The first-order chi connectivity index (χ1) is 20.1. The van der Waals surface area contributed by atoms with Gasteiger partial charge in [-0.2, -0.15) is 0 Å². The van der Waals surface area contributed by atoms with Crippen LogP contribution in [0, 0.1) is 0 Å². The van der Waals surface area contributed by atoms with E-state index < -0.39 is 8.07 Å². The highest BCUT2D eigenvalue weighted by molar-refractivity contribution is 7.01. The zero-order valence-electron chi connectivity index (χ0n) is 23.6. The summed E-state index contributed by atoms with van der Waals surface area (Å²) in [5, 5.41) is 8.39. The van der Waals surface area contributed by atoms with Crippen molar-refractivity contribution in [2.24, 2.45) is 0 Å². The maximum Gasteiger partial charge on any atom is 0.113 e. The summed E-state index contributed by atoms with van der Waals surface area (Å²) in [5.74, 6) is 0. The summed E-state index contributed by atoms with van der Waals surface area (Å²) in [5.41, 5.74) is 11.2. The molecule has 0 N–H and O–H groups in total. The minimum Gasteiger partial charge on any atom is -0.0795 e. The van der Waals surface area contributed by atoms with E-state index in [2.05, 4.69) is 147 Å². The molecule has 0 nitrogen and oxygen atoms in total. The second kappa shape index (κ2) is 9.29. The van der Waals surface area contributed by atoms with Crippen LogP contribution in [0.15, 0.2) is 121 Å². The van der Waals surface area contributed by atoms with E-state index in [4.69, 9.17) is 0 Å². The number of hydrogen-bond acceptors (Lipinski definition) is 0. The van der Waals surface area contributed by atoms with Crippen molar-refractivity contribution in [3.63, 3.8) is 0 Å². The van der Waals surface area contributed by atoms with Crippen molar-refractivity contribution < 1.29 is 0 Å². The molecule has 2 aliphatic carbocycles. The minimum atomic E-state index is -2.11. The molecule has 1 heteroatoms. The minimum absolute atomic E-state index is 1.03. The summed E-state index contributed by atoms with van der Waals surface area (Å²) < 4.78 is 0. The molecule has 0 unspecified atom stereocenters. The largest absolute Gasteiger partial charge is 0.113 e. The van der Waals surface area contributed by atoms with E-state index in [1.165, 1.54) is 66.1 Å². The van der Waals surface area contributed by atoms with Crippen LogP contribution in [0.4, 0.5) is 0 Å². The molecule has 0 spiro atoms. The zero-order valence-corrected chi connectivity index (χ0v) is 24.6. The van der Waals surface area contributed by atoms with Crippen molar-refractivity contribution in [3.05, 3.63) is 144 Å². The van der Waals surface area contributed by atoms with Gasteiger partial charge in [-0.3, -0.25) is 0 Å². The van der Waals surface area contributed by atoms with Crippen molar-refractivity contribution in [2.75, 3.05) is 0 Å². The molecule has 0 heterocycles. The predicted molar refractivity (Wildman–Crippen MR) is 181 cm³/mol. The highest BCUT2D eigenvalue weighted by Crippen LogP contribution is 2.35. The first-order valence-corrected chi connectivity index (χ1v) is 17.7. The van der Waals surface area contributed by atoms with E-state index in [-0.39, 0.29) is 0 Å². The molecule has 6 aromatic carbocycles. The Morgan fingerprint density at radius 3 is 1.41 bits per heavy atom. The van der Waals surface area contributed by atoms with Crippen LogP contribution >= 0.6 is 0 Å². The lowest BCUT2D eigenvalue weighted by Crippen LogP contribution is -2.55. The lowest BCUT2D eigenvalue weighted by atomic mass is 9.95.